The van der Waals surface area contributed by atoms with Crippen molar-refractivity contribution in [2.75, 3.05) is 5.88 Å². The minimum atomic E-state index is -0.381. The van der Waals surface area contributed by atoms with Gasteiger partial charge in [0.2, 0.25) is 0 Å². The third-order valence-corrected chi connectivity index (χ3v) is 4.54. The zero-order valence-corrected chi connectivity index (χ0v) is 12.7. The van der Waals surface area contributed by atoms with Crippen LogP contribution in [0.25, 0.3) is 11.0 Å². The average Bonchev–Trinajstić information content (AvgIpc) is 2.78. The zero-order chi connectivity index (χ0) is 14.1. The van der Waals surface area contributed by atoms with Gasteiger partial charge in [0.1, 0.15) is 11.6 Å². The van der Waals surface area contributed by atoms with Gasteiger partial charge < -0.3 is 4.57 Å². The van der Waals surface area contributed by atoms with Crippen LogP contribution in [0.15, 0.2) is 12.1 Å². The number of fused-ring (bicyclic) bond motifs is 1. The molecule has 0 saturated heterocycles. The molecular formula is C15H17Cl2FN2. The Hall–Kier alpha value is -0.800. The van der Waals surface area contributed by atoms with E-state index in [1.54, 1.807) is 6.07 Å². The van der Waals surface area contributed by atoms with Gasteiger partial charge in [-0.2, -0.15) is 0 Å². The van der Waals surface area contributed by atoms with Gasteiger partial charge in [-0.3, -0.25) is 0 Å². The first-order chi connectivity index (χ1) is 9.70. The third kappa shape index (κ3) is 2.53. The van der Waals surface area contributed by atoms with Gasteiger partial charge in [-0.15, -0.1) is 11.6 Å². The lowest BCUT2D eigenvalue weighted by molar-refractivity contribution is 0.353. The van der Waals surface area contributed by atoms with Crippen LogP contribution < -0.4 is 0 Å². The number of aryl methyl sites for hydroxylation is 1. The second-order valence-corrected chi connectivity index (χ2v) is 6.17. The summed E-state index contributed by atoms with van der Waals surface area (Å²) in [7, 11) is 0. The van der Waals surface area contributed by atoms with Crippen LogP contribution in [0.1, 0.15) is 44.0 Å². The van der Waals surface area contributed by atoms with Crippen LogP contribution in [0.3, 0.4) is 0 Å². The van der Waals surface area contributed by atoms with Crippen LogP contribution in [-0.4, -0.2) is 15.4 Å². The molecular weight excluding hydrogens is 298 g/mol. The predicted molar refractivity (Wildman–Crippen MR) is 81.2 cm³/mol. The van der Waals surface area contributed by atoms with Crippen LogP contribution >= 0.6 is 23.2 Å². The van der Waals surface area contributed by atoms with E-state index >= 15 is 0 Å². The van der Waals surface area contributed by atoms with Gasteiger partial charge in [0.05, 0.1) is 16.1 Å². The van der Waals surface area contributed by atoms with Gasteiger partial charge in [-0.05, 0) is 18.9 Å². The maximum absolute atomic E-state index is 13.8. The zero-order valence-electron chi connectivity index (χ0n) is 11.2. The van der Waals surface area contributed by atoms with E-state index in [4.69, 9.17) is 23.2 Å². The Kier molecular flexibility index (Phi) is 4.18. The average molecular weight is 315 g/mol. The van der Waals surface area contributed by atoms with E-state index in [1.165, 1.54) is 25.3 Å². The number of halogens is 3. The summed E-state index contributed by atoms with van der Waals surface area (Å²) in [5, 5.41) is 0.128. The molecule has 1 saturated carbocycles. The molecule has 5 heteroatoms. The van der Waals surface area contributed by atoms with Crippen LogP contribution in [0.4, 0.5) is 4.39 Å². The normalized spacial score (nSPS) is 16.9. The number of aromatic nitrogens is 2. The first-order valence-electron chi connectivity index (χ1n) is 7.12. The Morgan fingerprint density at radius 2 is 2.00 bits per heavy atom. The third-order valence-electron chi connectivity index (χ3n) is 4.06. The molecule has 0 radical (unpaired) electrons. The number of benzene rings is 1. The Balaban J connectivity index is 2.14. The number of hydrogen-bond donors (Lipinski definition) is 0. The Morgan fingerprint density at radius 3 is 2.70 bits per heavy atom. The van der Waals surface area contributed by atoms with Crippen molar-refractivity contribution in [3.8, 4) is 0 Å². The summed E-state index contributed by atoms with van der Waals surface area (Å²) in [5.41, 5.74) is 1.61. The van der Waals surface area contributed by atoms with Crippen molar-refractivity contribution in [3.63, 3.8) is 0 Å². The largest absolute Gasteiger partial charge is 0.325 e. The molecule has 1 aromatic heterocycles. The van der Waals surface area contributed by atoms with E-state index in [0.717, 1.165) is 29.7 Å². The summed E-state index contributed by atoms with van der Waals surface area (Å²) in [6.07, 6.45) is 6.69. The fourth-order valence-corrected chi connectivity index (χ4v) is 3.47. The molecule has 1 fully saturated rings. The van der Waals surface area contributed by atoms with E-state index < -0.39 is 0 Å². The molecule has 1 aromatic carbocycles. The molecule has 0 bridgehead atoms. The SMILES string of the molecule is Fc1cc2c(cc1Cl)nc(CCCl)n2C1CCCCC1. The summed E-state index contributed by atoms with van der Waals surface area (Å²) < 4.78 is 16.0. The van der Waals surface area contributed by atoms with E-state index in [1.807, 2.05) is 0 Å². The first kappa shape index (κ1) is 14.2. The van der Waals surface area contributed by atoms with Gasteiger partial charge in [-0.1, -0.05) is 30.9 Å². The van der Waals surface area contributed by atoms with Gasteiger partial charge in [0.15, 0.2) is 0 Å². The maximum atomic E-state index is 13.8. The fraction of sp³-hybridized carbons (Fsp3) is 0.533. The van der Waals surface area contributed by atoms with Gasteiger partial charge in [0.25, 0.3) is 0 Å². The Bertz CT molecular complexity index is 618. The quantitative estimate of drug-likeness (QED) is 0.719. The molecule has 0 unspecified atom stereocenters. The van der Waals surface area contributed by atoms with Crippen molar-refractivity contribution in [1.29, 1.82) is 0 Å². The molecule has 1 aliphatic carbocycles. The van der Waals surface area contributed by atoms with Crippen molar-refractivity contribution in [1.82, 2.24) is 9.55 Å². The lowest BCUT2D eigenvalue weighted by Crippen LogP contribution is -2.15. The summed E-state index contributed by atoms with van der Waals surface area (Å²) >= 11 is 11.7. The van der Waals surface area contributed by atoms with Crippen molar-refractivity contribution in [2.45, 2.75) is 44.6 Å². The molecule has 3 rings (SSSR count). The van der Waals surface area contributed by atoms with Crippen molar-refractivity contribution < 1.29 is 4.39 Å². The molecule has 0 amide bonds. The highest BCUT2D eigenvalue weighted by Crippen LogP contribution is 2.34. The van der Waals surface area contributed by atoms with Crippen LogP contribution in [0.2, 0.25) is 5.02 Å². The Morgan fingerprint density at radius 1 is 1.25 bits per heavy atom. The molecule has 0 aliphatic heterocycles. The van der Waals surface area contributed by atoms with Crippen molar-refractivity contribution in [2.24, 2.45) is 0 Å². The first-order valence-corrected chi connectivity index (χ1v) is 8.04. The monoisotopic (exact) mass is 314 g/mol. The lowest BCUT2D eigenvalue weighted by atomic mass is 9.95. The highest BCUT2D eigenvalue weighted by Gasteiger charge is 2.22. The number of hydrogen-bond acceptors (Lipinski definition) is 1. The maximum Gasteiger partial charge on any atom is 0.144 e. The van der Waals surface area contributed by atoms with E-state index in [9.17, 15) is 4.39 Å². The highest BCUT2D eigenvalue weighted by atomic mass is 35.5. The molecule has 108 valence electrons. The minimum Gasteiger partial charge on any atom is -0.325 e. The molecule has 0 spiro atoms. The number of alkyl halides is 1. The summed E-state index contributed by atoms with van der Waals surface area (Å²) in [6.45, 7) is 0. The van der Waals surface area contributed by atoms with E-state index in [0.29, 0.717) is 18.3 Å². The number of imidazole rings is 1. The highest BCUT2D eigenvalue weighted by molar-refractivity contribution is 6.31. The molecule has 20 heavy (non-hydrogen) atoms. The summed E-state index contributed by atoms with van der Waals surface area (Å²) in [5.74, 6) is 1.09. The fourth-order valence-electron chi connectivity index (χ4n) is 3.15. The molecule has 0 atom stereocenters. The summed E-state index contributed by atoms with van der Waals surface area (Å²) in [4.78, 5) is 4.61. The van der Waals surface area contributed by atoms with Gasteiger partial charge in [0, 0.05) is 24.4 Å². The van der Waals surface area contributed by atoms with E-state index in [2.05, 4.69) is 9.55 Å². The van der Waals surface area contributed by atoms with E-state index in [-0.39, 0.29) is 10.8 Å². The van der Waals surface area contributed by atoms with Gasteiger partial charge in [-0.25, -0.2) is 9.37 Å². The minimum absolute atomic E-state index is 0.128. The molecule has 2 aromatic rings. The Labute approximate surface area is 127 Å². The van der Waals surface area contributed by atoms with Crippen LogP contribution in [0.5, 0.6) is 0 Å². The van der Waals surface area contributed by atoms with Crippen LogP contribution in [0, 0.1) is 5.82 Å². The molecule has 2 nitrogen and oxygen atoms in total. The van der Waals surface area contributed by atoms with Crippen LogP contribution in [-0.2, 0) is 6.42 Å². The second-order valence-electron chi connectivity index (χ2n) is 5.38. The molecule has 0 N–H and O–H groups in total. The topological polar surface area (TPSA) is 17.8 Å². The molecule has 1 aliphatic rings. The van der Waals surface area contributed by atoms with Crippen molar-refractivity contribution in [3.05, 3.63) is 28.8 Å². The van der Waals surface area contributed by atoms with Gasteiger partial charge >= 0.3 is 0 Å². The predicted octanol–water partition coefficient (Wildman–Crippen LogP) is 5.12. The number of nitrogens with zero attached hydrogens (tertiary/aromatic N) is 2. The van der Waals surface area contributed by atoms with Crippen molar-refractivity contribution >= 4 is 34.2 Å². The number of rotatable bonds is 3. The standard InChI is InChI=1S/C15H17Cl2FN2/c16-7-6-15-19-13-8-11(17)12(18)9-14(13)20(15)10-4-2-1-3-5-10/h8-10H,1-7H2. The molecule has 1 heterocycles. The second kappa shape index (κ2) is 5.90. The smallest absolute Gasteiger partial charge is 0.144 e. The summed E-state index contributed by atoms with van der Waals surface area (Å²) in [6, 6.07) is 3.54. The lowest BCUT2D eigenvalue weighted by Gasteiger charge is -2.25.